The average molecular weight is 414 g/mol. The van der Waals surface area contributed by atoms with E-state index in [0.717, 1.165) is 6.08 Å². The Kier molecular flexibility index (Phi) is 6.09. The van der Waals surface area contributed by atoms with Crippen LogP contribution >= 0.6 is 11.6 Å². The molecule has 0 saturated heterocycles. The van der Waals surface area contributed by atoms with Crippen molar-refractivity contribution in [1.82, 2.24) is 9.78 Å². The number of esters is 1. The molecular weight excluding hydrogens is 397 g/mol. The van der Waals surface area contributed by atoms with Crippen LogP contribution in [0.5, 0.6) is 0 Å². The van der Waals surface area contributed by atoms with Gasteiger partial charge in [0.2, 0.25) is 6.10 Å². The van der Waals surface area contributed by atoms with E-state index < -0.39 is 18.0 Å². The highest BCUT2D eigenvalue weighted by molar-refractivity contribution is 6.31. The van der Waals surface area contributed by atoms with Gasteiger partial charge in [-0.05, 0) is 37.3 Å². The lowest BCUT2D eigenvalue weighted by atomic mass is 10.1. The van der Waals surface area contributed by atoms with Gasteiger partial charge in [-0.15, -0.1) is 0 Å². The summed E-state index contributed by atoms with van der Waals surface area (Å²) in [6.07, 6.45) is 1.38. The van der Waals surface area contributed by atoms with Gasteiger partial charge < -0.3 is 10.5 Å². The topological polar surface area (TPSA) is 87.2 Å². The number of hydrogen-bond acceptors (Lipinski definition) is 4. The zero-order valence-corrected chi connectivity index (χ0v) is 16.1. The molecule has 148 valence electrons. The first kappa shape index (κ1) is 20.3. The number of aryl methyl sites for hydroxylation is 1. The van der Waals surface area contributed by atoms with Crippen LogP contribution in [0.15, 0.2) is 60.7 Å². The molecule has 1 atom stereocenters. The Hall–Kier alpha value is -3.45. The van der Waals surface area contributed by atoms with E-state index in [0.29, 0.717) is 22.5 Å². The predicted molar refractivity (Wildman–Crippen MR) is 107 cm³/mol. The molecule has 0 radical (unpaired) electrons. The molecule has 1 aromatic heterocycles. The number of rotatable bonds is 6. The van der Waals surface area contributed by atoms with Crippen molar-refractivity contribution in [3.63, 3.8) is 0 Å². The quantitative estimate of drug-likeness (QED) is 0.492. The largest absolute Gasteiger partial charge is 0.444 e. The molecular formula is C21H17ClFN3O3. The van der Waals surface area contributed by atoms with Crippen molar-refractivity contribution in [2.75, 3.05) is 0 Å². The number of aromatic nitrogens is 2. The van der Waals surface area contributed by atoms with E-state index in [1.807, 2.05) is 0 Å². The Morgan fingerprint density at radius 1 is 1.17 bits per heavy atom. The highest BCUT2D eigenvalue weighted by Crippen LogP contribution is 2.25. The smallest absolute Gasteiger partial charge is 0.331 e. The minimum Gasteiger partial charge on any atom is -0.444 e. The van der Waals surface area contributed by atoms with Gasteiger partial charge in [0.1, 0.15) is 11.0 Å². The monoisotopic (exact) mass is 413 g/mol. The van der Waals surface area contributed by atoms with E-state index >= 15 is 0 Å². The van der Waals surface area contributed by atoms with Crippen LogP contribution in [0.1, 0.15) is 22.9 Å². The molecule has 2 N–H and O–H groups in total. The van der Waals surface area contributed by atoms with Crippen molar-refractivity contribution in [1.29, 1.82) is 0 Å². The number of nitrogens with zero attached hydrogens (tertiary/aromatic N) is 2. The van der Waals surface area contributed by atoms with Crippen molar-refractivity contribution in [2.24, 2.45) is 5.73 Å². The fraction of sp³-hybridized carbons (Fsp3) is 0.0952. The van der Waals surface area contributed by atoms with Gasteiger partial charge in [0.25, 0.3) is 5.91 Å². The number of halogens is 2. The molecule has 29 heavy (non-hydrogen) atoms. The second kappa shape index (κ2) is 8.70. The number of carbonyl (C=O) groups excluding carboxylic acids is 2. The van der Waals surface area contributed by atoms with Gasteiger partial charge in [-0.1, -0.05) is 41.9 Å². The van der Waals surface area contributed by atoms with Crippen LogP contribution in [-0.4, -0.2) is 21.7 Å². The Labute approximate surface area is 171 Å². The number of benzene rings is 2. The minimum atomic E-state index is -1.20. The molecule has 0 fully saturated rings. The summed E-state index contributed by atoms with van der Waals surface area (Å²) in [5.74, 6) is -1.92. The normalized spacial score (nSPS) is 12.1. The molecule has 0 saturated carbocycles. The number of amides is 1. The van der Waals surface area contributed by atoms with Crippen molar-refractivity contribution in [2.45, 2.75) is 13.0 Å². The Balaban J connectivity index is 1.79. The third-order valence-electron chi connectivity index (χ3n) is 4.10. The maximum Gasteiger partial charge on any atom is 0.331 e. The molecule has 0 spiro atoms. The molecule has 3 rings (SSSR count). The number of primary amides is 1. The van der Waals surface area contributed by atoms with E-state index in [9.17, 15) is 14.0 Å². The second-order valence-corrected chi connectivity index (χ2v) is 6.50. The van der Waals surface area contributed by atoms with E-state index in [2.05, 4.69) is 5.10 Å². The van der Waals surface area contributed by atoms with Crippen molar-refractivity contribution >= 4 is 29.6 Å². The van der Waals surface area contributed by atoms with Crippen LogP contribution in [0.3, 0.4) is 0 Å². The van der Waals surface area contributed by atoms with Gasteiger partial charge in [0.15, 0.2) is 0 Å². The molecule has 0 aliphatic carbocycles. The summed E-state index contributed by atoms with van der Waals surface area (Å²) >= 11 is 6.37. The molecule has 1 heterocycles. The predicted octanol–water partition coefficient (Wildman–Crippen LogP) is 3.76. The molecule has 0 aliphatic rings. The maximum absolute atomic E-state index is 13.1. The lowest BCUT2D eigenvalue weighted by Gasteiger charge is -2.13. The zero-order valence-electron chi connectivity index (χ0n) is 15.4. The van der Waals surface area contributed by atoms with Crippen LogP contribution in [0.25, 0.3) is 11.8 Å². The first-order valence-electron chi connectivity index (χ1n) is 8.61. The number of nitrogens with two attached hydrogens (primary N) is 1. The summed E-state index contributed by atoms with van der Waals surface area (Å²) in [4.78, 5) is 23.9. The van der Waals surface area contributed by atoms with Crippen LogP contribution in [0.2, 0.25) is 5.15 Å². The Bertz CT molecular complexity index is 1060. The van der Waals surface area contributed by atoms with Crippen molar-refractivity contribution < 1.29 is 18.7 Å². The molecule has 1 unspecified atom stereocenters. The highest BCUT2D eigenvalue weighted by atomic mass is 35.5. The van der Waals surface area contributed by atoms with Crippen LogP contribution in [0, 0.1) is 12.7 Å². The average Bonchev–Trinajstić information content (AvgIpc) is 2.99. The first-order valence-corrected chi connectivity index (χ1v) is 8.98. The number of ether oxygens (including phenoxy) is 1. The summed E-state index contributed by atoms with van der Waals surface area (Å²) in [7, 11) is 0. The summed E-state index contributed by atoms with van der Waals surface area (Å²) in [6, 6.07) is 14.1. The first-order chi connectivity index (χ1) is 13.9. The number of hydrogen-bond donors (Lipinski definition) is 1. The molecule has 0 bridgehead atoms. The van der Waals surface area contributed by atoms with Crippen LogP contribution < -0.4 is 5.73 Å². The lowest BCUT2D eigenvalue weighted by Crippen LogP contribution is -2.25. The van der Waals surface area contributed by atoms with E-state index in [-0.39, 0.29) is 11.0 Å². The van der Waals surface area contributed by atoms with Gasteiger partial charge in [-0.2, -0.15) is 5.10 Å². The summed E-state index contributed by atoms with van der Waals surface area (Å²) < 4.78 is 19.7. The Morgan fingerprint density at radius 3 is 2.45 bits per heavy atom. The molecule has 8 heteroatoms. The summed E-state index contributed by atoms with van der Waals surface area (Å²) in [5, 5.41) is 4.55. The van der Waals surface area contributed by atoms with Gasteiger partial charge in [-0.25, -0.2) is 13.9 Å². The van der Waals surface area contributed by atoms with Gasteiger partial charge >= 0.3 is 5.97 Å². The van der Waals surface area contributed by atoms with Gasteiger partial charge in [-0.3, -0.25) is 4.79 Å². The van der Waals surface area contributed by atoms with Crippen LogP contribution in [-0.2, 0) is 14.3 Å². The van der Waals surface area contributed by atoms with Crippen LogP contribution in [0.4, 0.5) is 4.39 Å². The lowest BCUT2D eigenvalue weighted by molar-refractivity contribution is -0.150. The fourth-order valence-electron chi connectivity index (χ4n) is 2.68. The summed E-state index contributed by atoms with van der Waals surface area (Å²) in [6.45, 7) is 1.72. The standard InChI is InChI=1S/C21H17ClFN3O3/c1-13-17(20(22)26(25-13)16-9-7-15(23)8-10-16)11-12-18(27)29-19(21(24)28)14-5-3-2-4-6-14/h2-12,19H,1H3,(H2,24,28)/b12-11+. The fourth-order valence-corrected chi connectivity index (χ4v) is 3.01. The highest BCUT2D eigenvalue weighted by Gasteiger charge is 2.21. The third kappa shape index (κ3) is 4.70. The minimum absolute atomic E-state index is 0.243. The van der Waals surface area contributed by atoms with E-state index in [1.165, 1.54) is 35.0 Å². The SMILES string of the molecule is Cc1nn(-c2ccc(F)cc2)c(Cl)c1/C=C/C(=O)OC(C(N)=O)c1ccccc1. The molecule has 0 aliphatic heterocycles. The molecule has 2 aromatic carbocycles. The summed E-state index contributed by atoms with van der Waals surface area (Å²) in [5.41, 5.74) is 7.43. The van der Waals surface area contributed by atoms with Gasteiger partial charge in [0, 0.05) is 17.2 Å². The molecule has 6 nitrogen and oxygen atoms in total. The zero-order chi connectivity index (χ0) is 21.0. The van der Waals surface area contributed by atoms with E-state index in [1.54, 1.807) is 37.3 Å². The maximum atomic E-state index is 13.1. The van der Waals surface area contributed by atoms with E-state index in [4.69, 9.17) is 22.1 Å². The molecule has 3 aromatic rings. The Morgan fingerprint density at radius 2 is 1.83 bits per heavy atom. The van der Waals surface area contributed by atoms with Crippen molar-refractivity contribution in [3.8, 4) is 5.69 Å². The molecule has 1 amide bonds. The van der Waals surface area contributed by atoms with Crippen molar-refractivity contribution in [3.05, 3.63) is 88.5 Å². The number of carbonyl (C=O) groups is 2. The second-order valence-electron chi connectivity index (χ2n) is 6.14. The van der Waals surface area contributed by atoms with Gasteiger partial charge in [0.05, 0.1) is 11.4 Å². The third-order valence-corrected chi connectivity index (χ3v) is 4.46.